The minimum Gasteiger partial charge on any atom is -0.493 e. The lowest BCUT2D eigenvalue weighted by molar-refractivity contribution is -0.127. The van der Waals surface area contributed by atoms with Crippen molar-refractivity contribution in [1.82, 2.24) is 15.2 Å². The molecular weight excluding hydrogens is 453 g/mol. The highest BCUT2D eigenvalue weighted by Crippen LogP contribution is 2.38. The van der Waals surface area contributed by atoms with E-state index in [1.807, 2.05) is 0 Å². The normalized spacial score (nSPS) is 10.8. The number of carbonyl (C=O) groups is 2. The van der Waals surface area contributed by atoms with Crippen molar-refractivity contribution in [2.45, 2.75) is 0 Å². The number of hydrogen-bond donors (Lipinski definition) is 1. The second-order valence-corrected chi connectivity index (χ2v) is 7.88. The van der Waals surface area contributed by atoms with E-state index in [0.29, 0.717) is 33.5 Å². The number of amides is 2. The van der Waals surface area contributed by atoms with Gasteiger partial charge < -0.3 is 24.4 Å². The molecule has 1 N–H and O–H groups in total. The Morgan fingerprint density at radius 3 is 2.37 bits per heavy atom. The van der Waals surface area contributed by atoms with E-state index in [1.54, 1.807) is 62.8 Å². The molecule has 180 valence electrons. The fraction of sp³-hybridized carbons (Fsp3) is 0.192. The SMILES string of the molecule is COc1cc2nccc(Oc3ccc4c(C(=O)NCC(=O)N(C)C)cccc4c3F)c2cc1OC. The highest BCUT2D eigenvalue weighted by Gasteiger charge is 2.18. The molecule has 35 heavy (non-hydrogen) atoms. The number of carbonyl (C=O) groups excluding carboxylic acids is 2. The Kier molecular flexibility index (Phi) is 6.68. The van der Waals surface area contributed by atoms with Crippen molar-refractivity contribution in [1.29, 1.82) is 0 Å². The quantitative estimate of drug-likeness (QED) is 0.430. The molecule has 0 unspecified atom stereocenters. The van der Waals surface area contributed by atoms with Gasteiger partial charge in [-0.05, 0) is 35.7 Å². The average molecular weight is 477 g/mol. The van der Waals surface area contributed by atoms with Gasteiger partial charge in [-0.15, -0.1) is 0 Å². The van der Waals surface area contributed by atoms with Gasteiger partial charge in [0.1, 0.15) is 5.75 Å². The maximum Gasteiger partial charge on any atom is 0.252 e. The van der Waals surface area contributed by atoms with Crippen LogP contribution >= 0.6 is 0 Å². The van der Waals surface area contributed by atoms with Crippen LogP contribution in [0, 0.1) is 5.82 Å². The molecule has 9 heteroatoms. The maximum atomic E-state index is 15.5. The lowest BCUT2D eigenvalue weighted by atomic mass is 10.0. The number of halogens is 1. The maximum absolute atomic E-state index is 15.5. The Morgan fingerprint density at radius 1 is 0.914 bits per heavy atom. The molecule has 1 aromatic heterocycles. The molecule has 0 aliphatic heterocycles. The van der Waals surface area contributed by atoms with E-state index in [9.17, 15) is 9.59 Å². The van der Waals surface area contributed by atoms with Gasteiger partial charge in [0.05, 0.1) is 26.3 Å². The zero-order valence-electron chi connectivity index (χ0n) is 19.7. The van der Waals surface area contributed by atoms with Crippen LogP contribution in [0.4, 0.5) is 4.39 Å². The number of methoxy groups -OCH3 is 2. The lowest BCUT2D eigenvalue weighted by Crippen LogP contribution is -2.36. The van der Waals surface area contributed by atoms with Crippen LogP contribution in [0.3, 0.4) is 0 Å². The topological polar surface area (TPSA) is 90.0 Å². The van der Waals surface area contributed by atoms with Gasteiger partial charge in [-0.25, -0.2) is 4.39 Å². The van der Waals surface area contributed by atoms with E-state index >= 15 is 4.39 Å². The molecule has 0 spiro atoms. The zero-order valence-corrected chi connectivity index (χ0v) is 19.7. The predicted molar refractivity (Wildman–Crippen MR) is 130 cm³/mol. The number of nitrogens with one attached hydrogen (secondary N) is 1. The molecule has 3 aromatic carbocycles. The summed E-state index contributed by atoms with van der Waals surface area (Å²) in [6.45, 7) is -0.157. The molecule has 0 atom stereocenters. The van der Waals surface area contributed by atoms with Crippen LogP contribution in [0.2, 0.25) is 0 Å². The predicted octanol–water partition coefficient (Wildman–Crippen LogP) is 4.15. The smallest absolute Gasteiger partial charge is 0.252 e. The summed E-state index contributed by atoms with van der Waals surface area (Å²) in [5.41, 5.74) is 0.846. The summed E-state index contributed by atoms with van der Waals surface area (Å²) in [7, 11) is 6.25. The molecule has 4 aromatic rings. The summed E-state index contributed by atoms with van der Waals surface area (Å²) in [4.78, 5) is 30.2. The van der Waals surface area contributed by atoms with Gasteiger partial charge >= 0.3 is 0 Å². The number of rotatable bonds is 7. The lowest BCUT2D eigenvalue weighted by Gasteiger charge is -2.14. The first kappa shape index (κ1) is 23.7. The number of likely N-dealkylation sites (N-methyl/N-ethyl adjacent to an activating group) is 1. The monoisotopic (exact) mass is 477 g/mol. The summed E-state index contributed by atoms with van der Waals surface area (Å²) in [5, 5.41) is 3.80. The van der Waals surface area contributed by atoms with E-state index in [2.05, 4.69) is 10.3 Å². The van der Waals surface area contributed by atoms with Crippen molar-refractivity contribution in [2.75, 3.05) is 34.9 Å². The second kappa shape index (κ2) is 9.84. The summed E-state index contributed by atoms with van der Waals surface area (Å²) >= 11 is 0. The van der Waals surface area contributed by atoms with Gasteiger partial charge in [-0.3, -0.25) is 14.6 Å². The molecule has 0 bridgehead atoms. The Bertz CT molecular complexity index is 1440. The molecule has 0 radical (unpaired) electrons. The van der Waals surface area contributed by atoms with Crippen LogP contribution in [-0.2, 0) is 4.79 Å². The van der Waals surface area contributed by atoms with Crippen molar-refractivity contribution >= 4 is 33.5 Å². The van der Waals surface area contributed by atoms with Crippen LogP contribution in [0.1, 0.15) is 10.4 Å². The molecule has 0 fully saturated rings. The molecule has 8 nitrogen and oxygen atoms in total. The first-order valence-corrected chi connectivity index (χ1v) is 10.7. The van der Waals surface area contributed by atoms with Crippen molar-refractivity contribution in [3.8, 4) is 23.0 Å². The van der Waals surface area contributed by atoms with Crippen LogP contribution < -0.4 is 19.5 Å². The third kappa shape index (κ3) is 4.65. The molecule has 1 heterocycles. The number of hydrogen-bond acceptors (Lipinski definition) is 6. The third-order valence-corrected chi connectivity index (χ3v) is 5.53. The molecule has 0 aliphatic rings. The number of fused-ring (bicyclic) bond motifs is 2. The van der Waals surface area contributed by atoms with Gasteiger partial charge in [-0.1, -0.05) is 12.1 Å². The highest BCUT2D eigenvalue weighted by atomic mass is 19.1. The molecule has 0 saturated heterocycles. The van der Waals surface area contributed by atoms with E-state index in [0.717, 1.165) is 0 Å². The fourth-order valence-electron chi connectivity index (χ4n) is 3.64. The number of nitrogens with zero attached hydrogens (tertiary/aromatic N) is 2. The van der Waals surface area contributed by atoms with Gasteiger partial charge in [-0.2, -0.15) is 0 Å². The van der Waals surface area contributed by atoms with Gasteiger partial charge in [0.15, 0.2) is 23.1 Å². The number of ether oxygens (including phenoxy) is 3. The summed E-state index contributed by atoms with van der Waals surface area (Å²) in [5.74, 6) is 0.0246. The first-order valence-electron chi connectivity index (χ1n) is 10.7. The largest absolute Gasteiger partial charge is 0.493 e. The Hall–Kier alpha value is -4.40. The third-order valence-electron chi connectivity index (χ3n) is 5.53. The Balaban J connectivity index is 1.69. The second-order valence-electron chi connectivity index (χ2n) is 7.88. The number of pyridine rings is 1. The summed E-state index contributed by atoms with van der Waals surface area (Å²) in [6.07, 6.45) is 1.56. The molecule has 0 saturated carbocycles. The van der Waals surface area contributed by atoms with Crippen LogP contribution in [0.5, 0.6) is 23.0 Å². The molecule has 4 rings (SSSR count). The van der Waals surface area contributed by atoms with Gasteiger partial charge in [0.25, 0.3) is 5.91 Å². The highest BCUT2D eigenvalue weighted by molar-refractivity contribution is 6.08. The minimum atomic E-state index is -0.619. The summed E-state index contributed by atoms with van der Waals surface area (Å²) < 4.78 is 32.1. The average Bonchev–Trinajstić information content (AvgIpc) is 2.87. The zero-order chi connectivity index (χ0) is 25.1. The first-order chi connectivity index (χ1) is 16.8. The fourth-order valence-corrected chi connectivity index (χ4v) is 3.64. The molecular formula is C26H24FN3O5. The number of benzene rings is 3. The van der Waals surface area contributed by atoms with Crippen molar-refractivity contribution < 1.29 is 28.2 Å². The minimum absolute atomic E-state index is 0.0138. The molecule has 0 aliphatic carbocycles. The van der Waals surface area contributed by atoms with Crippen LogP contribution in [0.25, 0.3) is 21.7 Å². The van der Waals surface area contributed by atoms with E-state index < -0.39 is 11.7 Å². The Labute approximate surface area is 201 Å². The molecule has 2 amide bonds. The van der Waals surface area contributed by atoms with Gasteiger partial charge in [0.2, 0.25) is 5.91 Å². The standard InChI is InChI=1S/C26H24FN3O5/c1-30(2)24(31)14-29-26(32)17-7-5-6-16-15(17)8-9-21(25(16)27)35-20-10-11-28-19-13-23(34-4)22(33-3)12-18(19)20/h5-13H,14H2,1-4H3,(H,29,32). The van der Waals surface area contributed by atoms with Crippen molar-refractivity contribution in [2.24, 2.45) is 0 Å². The van der Waals surface area contributed by atoms with Crippen molar-refractivity contribution in [3.63, 3.8) is 0 Å². The number of aromatic nitrogens is 1. The summed E-state index contributed by atoms with van der Waals surface area (Å²) in [6, 6.07) is 12.9. The van der Waals surface area contributed by atoms with E-state index in [1.165, 1.54) is 25.2 Å². The Morgan fingerprint density at radius 2 is 1.66 bits per heavy atom. The van der Waals surface area contributed by atoms with E-state index in [-0.39, 0.29) is 29.2 Å². The van der Waals surface area contributed by atoms with E-state index in [4.69, 9.17) is 14.2 Å². The van der Waals surface area contributed by atoms with Crippen molar-refractivity contribution in [3.05, 3.63) is 66.1 Å². The van der Waals surface area contributed by atoms with Crippen LogP contribution in [0.15, 0.2) is 54.7 Å². The van der Waals surface area contributed by atoms with Crippen LogP contribution in [-0.4, -0.2) is 56.6 Å². The van der Waals surface area contributed by atoms with Gasteiger partial charge in [0, 0.05) is 42.7 Å².